The fourth-order valence-electron chi connectivity index (χ4n) is 2.08. The van der Waals surface area contributed by atoms with Crippen molar-refractivity contribution in [1.82, 2.24) is 4.98 Å². The lowest BCUT2D eigenvalue weighted by molar-refractivity contribution is -0.111. The highest BCUT2D eigenvalue weighted by Crippen LogP contribution is 2.25. The standard InChI is InChI=1S/C19H15ClN2OS/c1-13-2-4-14(5-3-13)6-11-18(23)22-19-21-17(12-24-19)15-7-9-16(20)10-8-15/h2-12H,1H3,(H,21,22,23). The van der Waals surface area contributed by atoms with Crippen LogP contribution in [-0.2, 0) is 4.79 Å². The lowest BCUT2D eigenvalue weighted by Gasteiger charge is -1.98. The van der Waals surface area contributed by atoms with E-state index in [1.165, 1.54) is 23.0 Å². The number of rotatable bonds is 4. The Labute approximate surface area is 149 Å². The zero-order chi connectivity index (χ0) is 16.9. The molecule has 0 radical (unpaired) electrons. The Kier molecular flexibility index (Phi) is 5.08. The molecule has 3 rings (SSSR count). The van der Waals surface area contributed by atoms with Crippen LogP contribution in [0.15, 0.2) is 60.0 Å². The first-order valence-electron chi connectivity index (χ1n) is 7.37. The molecule has 0 aliphatic rings. The molecule has 24 heavy (non-hydrogen) atoms. The van der Waals surface area contributed by atoms with Gasteiger partial charge in [-0.05, 0) is 30.7 Å². The molecular formula is C19H15ClN2OS. The maximum absolute atomic E-state index is 12.0. The van der Waals surface area contributed by atoms with E-state index < -0.39 is 0 Å². The van der Waals surface area contributed by atoms with Crippen molar-refractivity contribution in [1.29, 1.82) is 0 Å². The molecule has 0 bridgehead atoms. The summed E-state index contributed by atoms with van der Waals surface area (Å²) in [5.74, 6) is -0.201. The summed E-state index contributed by atoms with van der Waals surface area (Å²) in [4.78, 5) is 16.4. The Morgan fingerprint density at radius 2 is 1.83 bits per heavy atom. The number of aromatic nitrogens is 1. The zero-order valence-electron chi connectivity index (χ0n) is 13.0. The van der Waals surface area contributed by atoms with E-state index in [0.29, 0.717) is 10.2 Å². The third-order valence-electron chi connectivity index (χ3n) is 3.38. The van der Waals surface area contributed by atoms with Crippen LogP contribution in [0.3, 0.4) is 0 Å². The number of nitrogens with zero attached hydrogens (tertiary/aromatic N) is 1. The number of benzene rings is 2. The number of carbonyl (C=O) groups excluding carboxylic acids is 1. The fourth-order valence-corrected chi connectivity index (χ4v) is 2.93. The molecule has 0 saturated heterocycles. The quantitative estimate of drug-likeness (QED) is 0.635. The number of nitrogens with one attached hydrogen (secondary N) is 1. The first-order chi connectivity index (χ1) is 11.6. The van der Waals surface area contributed by atoms with Crippen LogP contribution >= 0.6 is 22.9 Å². The number of hydrogen-bond donors (Lipinski definition) is 1. The lowest BCUT2D eigenvalue weighted by Crippen LogP contribution is -2.07. The maximum atomic E-state index is 12.0. The van der Waals surface area contributed by atoms with Gasteiger partial charge in [0.2, 0.25) is 5.91 Å². The summed E-state index contributed by atoms with van der Waals surface area (Å²) in [5, 5.41) is 5.94. The van der Waals surface area contributed by atoms with Crippen LogP contribution in [-0.4, -0.2) is 10.9 Å². The second-order valence-corrected chi connectivity index (χ2v) is 6.57. The molecule has 1 amide bonds. The summed E-state index contributed by atoms with van der Waals surface area (Å²) >= 11 is 7.28. The average molecular weight is 355 g/mol. The van der Waals surface area contributed by atoms with E-state index in [4.69, 9.17) is 11.6 Å². The topological polar surface area (TPSA) is 42.0 Å². The van der Waals surface area contributed by atoms with E-state index in [-0.39, 0.29) is 5.91 Å². The largest absolute Gasteiger partial charge is 0.298 e. The van der Waals surface area contributed by atoms with Gasteiger partial charge in [0.15, 0.2) is 5.13 Å². The Balaban J connectivity index is 1.64. The van der Waals surface area contributed by atoms with Gasteiger partial charge in [-0.3, -0.25) is 10.1 Å². The molecule has 1 heterocycles. The van der Waals surface area contributed by atoms with E-state index in [1.807, 2.05) is 60.8 Å². The third-order valence-corrected chi connectivity index (χ3v) is 4.39. The Hall–Kier alpha value is -2.43. The summed E-state index contributed by atoms with van der Waals surface area (Å²) in [6, 6.07) is 15.4. The molecule has 120 valence electrons. The van der Waals surface area contributed by atoms with E-state index in [1.54, 1.807) is 6.08 Å². The van der Waals surface area contributed by atoms with Gasteiger partial charge in [-0.1, -0.05) is 53.6 Å². The van der Waals surface area contributed by atoms with Crippen LogP contribution < -0.4 is 5.32 Å². The zero-order valence-corrected chi connectivity index (χ0v) is 14.6. The number of carbonyl (C=O) groups is 1. The number of aryl methyl sites for hydroxylation is 1. The second kappa shape index (κ2) is 7.43. The SMILES string of the molecule is Cc1ccc(C=CC(=O)Nc2nc(-c3ccc(Cl)cc3)cs2)cc1. The minimum atomic E-state index is -0.201. The highest BCUT2D eigenvalue weighted by Gasteiger charge is 2.06. The van der Waals surface area contributed by atoms with Gasteiger partial charge in [-0.2, -0.15) is 0 Å². The van der Waals surface area contributed by atoms with Gasteiger partial charge in [0.05, 0.1) is 5.69 Å². The number of amides is 1. The van der Waals surface area contributed by atoms with Crippen LogP contribution in [0.4, 0.5) is 5.13 Å². The van der Waals surface area contributed by atoms with E-state index in [0.717, 1.165) is 16.8 Å². The highest BCUT2D eigenvalue weighted by molar-refractivity contribution is 7.14. The molecule has 5 heteroatoms. The molecule has 1 aromatic heterocycles. The third kappa shape index (κ3) is 4.31. The molecule has 2 aromatic carbocycles. The molecule has 0 spiro atoms. The van der Waals surface area contributed by atoms with Crippen molar-refractivity contribution < 1.29 is 4.79 Å². The van der Waals surface area contributed by atoms with E-state index in [2.05, 4.69) is 10.3 Å². The van der Waals surface area contributed by atoms with Gasteiger partial charge in [0, 0.05) is 22.0 Å². The van der Waals surface area contributed by atoms with Crippen molar-refractivity contribution in [3.63, 3.8) is 0 Å². The van der Waals surface area contributed by atoms with Gasteiger partial charge in [-0.25, -0.2) is 4.98 Å². The first kappa shape index (κ1) is 16.4. The number of thiazole rings is 1. The number of anilines is 1. The van der Waals surface area contributed by atoms with Gasteiger partial charge in [0.25, 0.3) is 0 Å². The molecule has 0 atom stereocenters. The number of hydrogen-bond acceptors (Lipinski definition) is 3. The predicted molar refractivity (Wildman–Crippen MR) is 101 cm³/mol. The van der Waals surface area contributed by atoms with Gasteiger partial charge in [-0.15, -0.1) is 11.3 Å². The highest BCUT2D eigenvalue weighted by atomic mass is 35.5. The van der Waals surface area contributed by atoms with Crippen molar-refractivity contribution >= 4 is 40.1 Å². The summed E-state index contributed by atoms with van der Waals surface area (Å²) in [6.07, 6.45) is 3.29. The van der Waals surface area contributed by atoms with Crippen LogP contribution in [0.25, 0.3) is 17.3 Å². The van der Waals surface area contributed by atoms with Crippen LogP contribution in [0, 0.1) is 6.92 Å². The Morgan fingerprint density at radius 1 is 1.12 bits per heavy atom. The molecule has 3 nitrogen and oxygen atoms in total. The molecule has 1 N–H and O–H groups in total. The molecule has 3 aromatic rings. The van der Waals surface area contributed by atoms with Crippen LogP contribution in [0.1, 0.15) is 11.1 Å². The first-order valence-corrected chi connectivity index (χ1v) is 8.63. The average Bonchev–Trinajstić information content (AvgIpc) is 3.03. The fraction of sp³-hybridized carbons (Fsp3) is 0.0526. The van der Waals surface area contributed by atoms with Gasteiger partial charge >= 0.3 is 0 Å². The summed E-state index contributed by atoms with van der Waals surface area (Å²) < 4.78 is 0. The van der Waals surface area contributed by atoms with Crippen molar-refractivity contribution in [2.24, 2.45) is 0 Å². The van der Waals surface area contributed by atoms with Crippen molar-refractivity contribution in [2.45, 2.75) is 6.92 Å². The molecule has 0 saturated carbocycles. The van der Waals surface area contributed by atoms with Gasteiger partial charge in [0.1, 0.15) is 0 Å². The lowest BCUT2D eigenvalue weighted by atomic mass is 10.1. The molecule has 0 aliphatic carbocycles. The van der Waals surface area contributed by atoms with E-state index >= 15 is 0 Å². The molecule has 0 aliphatic heterocycles. The van der Waals surface area contributed by atoms with Gasteiger partial charge < -0.3 is 0 Å². The molecule has 0 fully saturated rings. The molecular weight excluding hydrogens is 340 g/mol. The Morgan fingerprint density at radius 3 is 2.54 bits per heavy atom. The summed E-state index contributed by atoms with van der Waals surface area (Å²) in [6.45, 7) is 2.03. The predicted octanol–water partition coefficient (Wildman–Crippen LogP) is 5.42. The number of halogens is 1. The monoisotopic (exact) mass is 354 g/mol. The van der Waals surface area contributed by atoms with E-state index in [9.17, 15) is 4.79 Å². The van der Waals surface area contributed by atoms with Crippen molar-refractivity contribution in [3.8, 4) is 11.3 Å². The van der Waals surface area contributed by atoms with Crippen LogP contribution in [0.5, 0.6) is 0 Å². The van der Waals surface area contributed by atoms with Crippen LogP contribution in [0.2, 0.25) is 5.02 Å². The minimum absolute atomic E-state index is 0.201. The Bertz CT molecular complexity index is 867. The smallest absolute Gasteiger partial charge is 0.250 e. The van der Waals surface area contributed by atoms with Crippen molar-refractivity contribution in [3.05, 3.63) is 76.1 Å². The molecule has 0 unspecified atom stereocenters. The minimum Gasteiger partial charge on any atom is -0.298 e. The van der Waals surface area contributed by atoms with Crippen molar-refractivity contribution in [2.75, 3.05) is 5.32 Å². The summed E-state index contributed by atoms with van der Waals surface area (Å²) in [5.41, 5.74) is 3.95. The summed E-state index contributed by atoms with van der Waals surface area (Å²) in [7, 11) is 0. The maximum Gasteiger partial charge on any atom is 0.250 e. The normalized spacial score (nSPS) is 10.9. The second-order valence-electron chi connectivity index (χ2n) is 5.28.